The highest BCUT2D eigenvalue weighted by molar-refractivity contribution is 9.11. The highest BCUT2D eigenvalue weighted by Crippen LogP contribution is 2.35. The van der Waals surface area contributed by atoms with Crippen LogP contribution in [-0.4, -0.2) is 0 Å². The molecule has 0 N–H and O–H groups in total. The van der Waals surface area contributed by atoms with Crippen molar-refractivity contribution < 1.29 is 0 Å². The Hall–Kier alpha value is -0.120. The first-order valence-corrected chi connectivity index (χ1v) is 6.64. The molecule has 0 spiro atoms. The lowest BCUT2D eigenvalue weighted by Crippen LogP contribution is -1.81. The van der Waals surface area contributed by atoms with E-state index in [-0.39, 0.29) is 0 Å². The topological polar surface area (TPSA) is 0 Å². The van der Waals surface area contributed by atoms with Crippen LogP contribution in [0.1, 0.15) is 5.56 Å². The summed E-state index contributed by atoms with van der Waals surface area (Å²) in [5.74, 6) is 0. The van der Waals surface area contributed by atoms with Gasteiger partial charge >= 0.3 is 0 Å². The molecule has 2 rings (SSSR count). The SMILES string of the molecule is Cc1cc(Br)cc(-c2cccs2)c1Br. The molecule has 1 heterocycles. The van der Waals surface area contributed by atoms with Gasteiger partial charge in [-0.3, -0.25) is 0 Å². The van der Waals surface area contributed by atoms with Crippen LogP contribution in [0.4, 0.5) is 0 Å². The molecule has 0 aliphatic carbocycles. The van der Waals surface area contributed by atoms with E-state index in [1.54, 1.807) is 11.3 Å². The molecule has 14 heavy (non-hydrogen) atoms. The summed E-state index contributed by atoms with van der Waals surface area (Å²) in [5, 5.41) is 2.10. The number of hydrogen-bond donors (Lipinski definition) is 0. The smallest absolute Gasteiger partial charge is 0.0354 e. The standard InChI is InChI=1S/C11H8Br2S/c1-7-5-8(12)6-9(11(7)13)10-3-2-4-14-10/h2-6H,1H3. The Labute approximate surface area is 104 Å². The maximum Gasteiger partial charge on any atom is 0.0354 e. The Balaban J connectivity index is 2.64. The Morgan fingerprint density at radius 1 is 1.21 bits per heavy atom. The fourth-order valence-corrected chi connectivity index (χ4v) is 3.23. The summed E-state index contributed by atoms with van der Waals surface area (Å²) in [6.07, 6.45) is 0. The monoisotopic (exact) mass is 330 g/mol. The zero-order valence-corrected chi connectivity index (χ0v) is 11.5. The van der Waals surface area contributed by atoms with Gasteiger partial charge in [0.1, 0.15) is 0 Å². The summed E-state index contributed by atoms with van der Waals surface area (Å²) in [4.78, 5) is 1.29. The van der Waals surface area contributed by atoms with E-state index >= 15 is 0 Å². The van der Waals surface area contributed by atoms with E-state index in [9.17, 15) is 0 Å². The minimum atomic E-state index is 1.13. The Bertz CT molecular complexity index is 447. The summed E-state index contributed by atoms with van der Waals surface area (Å²) in [5.41, 5.74) is 2.51. The van der Waals surface area contributed by atoms with Gasteiger partial charge in [0.05, 0.1) is 0 Å². The van der Waals surface area contributed by atoms with Crippen molar-refractivity contribution in [1.29, 1.82) is 0 Å². The Morgan fingerprint density at radius 2 is 2.00 bits per heavy atom. The van der Waals surface area contributed by atoms with Crippen molar-refractivity contribution in [2.24, 2.45) is 0 Å². The van der Waals surface area contributed by atoms with E-state index in [1.165, 1.54) is 20.5 Å². The molecular formula is C11H8Br2S. The normalized spacial score (nSPS) is 10.5. The highest BCUT2D eigenvalue weighted by atomic mass is 79.9. The predicted molar refractivity (Wildman–Crippen MR) is 69.9 cm³/mol. The van der Waals surface area contributed by atoms with Gasteiger partial charge in [-0.25, -0.2) is 0 Å². The van der Waals surface area contributed by atoms with E-state index in [4.69, 9.17) is 0 Å². The number of aryl methyl sites for hydroxylation is 1. The summed E-state index contributed by atoms with van der Waals surface area (Å²) in [7, 11) is 0. The largest absolute Gasteiger partial charge is 0.144 e. The first-order chi connectivity index (χ1) is 6.68. The second kappa shape index (κ2) is 4.17. The van der Waals surface area contributed by atoms with Gasteiger partial charge in [-0.1, -0.05) is 22.0 Å². The molecule has 0 atom stereocenters. The van der Waals surface area contributed by atoms with E-state index in [0.717, 1.165) is 4.47 Å². The lowest BCUT2D eigenvalue weighted by atomic mass is 10.1. The van der Waals surface area contributed by atoms with Crippen molar-refractivity contribution in [3.63, 3.8) is 0 Å². The van der Waals surface area contributed by atoms with Crippen LogP contribution in [0.3, 0.4) is 0 Å². The molecule has 0 unspecified atom stereocenters. The number of benzene rings is 1. The molecule has 1 aromatic heterocycles. The molecule has 72 valence electrons. The van der Waals surface area contributed by atoms with Crippen LogP contribution < -0.4 is 0 Å². The van der Waals surface area contributed by atoms with Gasteiger partial charge in [0.15, 0.2) is 0 Å². The average molecular weight is 332 g/mol. The minimum Gasteiger partial charge on any atom is -0.144 e. The highest BCUT2D eigenvalue weighted by Gasteiger charge is 2.07. The lowest BCUT2D eigenvalue weighted by molar-refractivity contribution is 1.42. The van der Waals surface area contributed by atoms with Crippen LogP contribution in [0.2, 0.25) is 0 Å². The molecule has 0 nitrogen and oxygen atoms in total. The molecule has 0 radical (unpaired) electrons. The first-order valence-electron chi connectivity index (χ1n) is 4.18. The molecule has 0 aliphatic heterocycles. The average Bonchev–Trinajstić information content (AvgIpc) is 2.63. The predicted octanol–water partition coefficient (Wildman–Crippen LogP) is 5.25. The fraction of sp³-hybridized carbons (Fsp3) is 0.0909. The van der Waals surface area contributed by atoms with Crippen LogP contribution in [0.5, 0.6) is 0 Å². The van der Waals surface area contributed by atoms with Crippen molar-refractivity contribution in [1.82, 2.24) is 0 Å². The van der Waals surface area contributed by atoms with Crippen molar-refractivity contribution in [3.05, 3.63) is 44.2 Å². The number of thiophene rings is 1. The maximum absolute atomic E-state index is 3.62. The second-order valence-electron chi connectivity index (χ2n) is 3.06. The van der Waals surface area contributed by atoms with Crippen LogP contribution in [0, 0.1) is 6.92 Å². The second-order valence-corrected chi connectivity index (χ2v) is 5.72. The van der Waals surface area contributed by atoms with E-state index in [2.05, 4.69) is 68.4 Å². The molecule has 0 saturated carbocycles. The number of halogens is 2. The van der Waals surface area contributed by atoms with Crippen LogP contribution in [0.25, 0.3) is 10.4 Å². The van der Waals surface area contributed by atoms with Gasteiger partial charge in [-0.2, -0.15) is 0 Å². The van der Waals surface area contributed by atoms with Crippen molar-refractivity contribution >= 4 is 43.2 Å². The third-order valence-electron chi connectivity index (χ3n) is 2.01. The maximum atomic E-state index is 3.62. The van der Waals surface area contributed by atoms with E-state index in [0.29, 0.717) is 0 Å². The molecule has 0 aliphatic rings. The Kier molecular flexibility index (Phi) is 3.10. The van der Waals surface area contributed by atoms with Crippen molar-refractivity contribution in [3.8, 4) is 10.4 Å². The van der Waals surface area contributed by atoms with Crippen LogP contribution in [-0.2, 0) is 0 Å². The molecule has 3 heteroatoms. The molecule has 0 fully saturated rings. The number of rotatable bonds is 1. The van der Waals surface area contributed by atoms with Gasteiger partial charge < -0.3 is 0 Å². The molecule has 0 amide bonds. The summed E-state index contributed by atoms with van der Waals surface area (Å²) >= 11 is 8.89. The summed E-state index contributed by atoms with van der Waals surface area (Å²) in [6.45, 7) is 2.10. The van der Waals surface area contributed by atoms with Crippen LogP contribution >= 0.6 is 43.2 Å². The third-order valence-corrected chi connectivity index (χ3v) is 4.42. The molecule has 0 bridgehead atoms. The summed E-state index contributed by atoms with van der Waals surface area (Å²) in [6, 6.07) is 8.46. The molecule has 1 aromatic carbocycles. The van der Waals surface area contributed by atoms with Gasteiger partial charge in [0, 0.05) is 19.4 Å². The molecule has 0 saturated heterocycles. The molecular weight excluding hydrogens is 324 g/mol. The fourth-order valence-electron chi connectivity index (χ4n) is 1.34. The quantitative estimate of drug-likeness (QED) is 0.669. The zero-order valence-electron chi connectivity index (χ0n) is 7.55. The summed E-state index contributed by atoms with van der Waals surface area (Å²) < 4.78 is 2.31. The van der Waals surface area contributed by atoms with Gasteiger partial charge in [-0.15, -0.1) is 11.3 Å². The minimum absolute atomic E-state index is 1.13. The van der Waals surface area contributed by atoms with Gasteiger partial charge in [0.25, 0.3) is 0 Å². The zero-order chi connectivity index (χ0) is 10.1. The lowest BCUT2D eigenvalue weighted by Gasteiger charge is -2.06. The van der Waals surface area contributed by atoms with Gasteiger partial charge in [0.2, 0.25) is 0 Å². The van der Waals surface area contributed by atoms with Gasteiger partial charge in [-0.05, 0) is 52.0 Å². The number of hydrogen-bond acceptors (Lipinski definition) is 1. The van der Waals surface area contributed by atoms with E-state index in [1.807, 2.05) is 0 Å². The van der Waals surface area contributed by atoms with Crippen LogP contribution in [0.15, 0.2) is 38.6 Å². The van der Waals surface area contributed by atoms with E-state index < -0.39 is 0 Å². The first kappa shape index (κ1) is 10.4. The Morgan fingerprint density at radius 3 is 2.64 bits per heavy atom. The van der Waals surface area contributed by atoms with Crippen molar-refractivity contribution in [2.45, 2.75) is 6.92 Å². The third kappa shape index (κ3) is 1.95. The molecule has 2 aromatic rings. The van der Waals surface area contributed by atoms with Crippen molar-refractivity contribution in [2.75, 3.05) is 0 Å².